The molecule has 0 spiro atoms. The summed E-state index contributed by atoms with van der Waals surface area (Å²) in [4.78, 5) is 0. The largest absolute Gasteiger partial charge is 0.331 e. The fraction of sp³-hybridized carbons (Fsp3) is 0.250. The predicted molar refractivity (Wildman–Crippen MR) is 119 cm³/mol. The number of nitrogens with two attached hydrogens (primary N) is 3. The highest BCUT2D eigenvalue weighted by Gasteiger charge is 2.04. The summed E-state index contributed by atoms with van der Waals surface area (Å²) in [6.45, 7) is 6.08. The van der Waals surface area contributed by atoms with Gasteiger partial charge in [-0.2, -0.15) is 0 Å². The zero-order valence-electron chi connectivity index (χ0n) is 16.6. The van der Waals surface area contributed by atoms with Crippen molar-refractivity contribution in [3.63, 3.8) is 0 Å². The summed E-state index contributed by atoms with van der Waals surface area (Å²) < 4.78 is 0. The Balaban J connectivity index is 0.000000453. The Kier molecular flexibility index (Phi) is 11.5. The van der Waals surface area contributed by atoms with Gasteiger partial charge in [-0.25, -0.2) is 0 Å². The van der Waals surface area contributed by atoms with E-state index < -0.39 is 0 Å². The Bertz CT molecular complexity index is 680. The SMILES string of the molecule is CCCN.CCN.NCc1cc(-c2ccccc2)cc(-c2ccccc2)c1. The first-order valence-corrected chi connectivity index (χ1v) is 9.55. The van der Waals surface area contributed by atoms with Crippen molar-refractivity contribution in [1.29, 1.82) is 0 Å². The molecule has 0 aliphatic heterocycles. The minimum Gasteiger partial charge on any atom is -0.331 e. The van der Waals surface area contributed by atoms with Gasteiger partial charge in [0.25, 0.3) is 0 Å². The molecule has 0 fully saturated rings. The lowest BCUT2D eigenvalue weighted by molar-refractivity contribution is 0.932. The zero-order chi connectivity index (χ0) is 19.9. The molecule has 0 saturated heterocycles. The van der Waals surface area contributed by atoms with Gasteiger partial charge in [-0.1, -0.05) is 74.5 Å². The number of hydrogen-bond acceptors (Lipinski definition) is 3. The number of rotatable bonds is 4. The maximum atomic E-state index is 5.84. The summed E-state index contributed by atoms with van der Waals surface area (Å²) in [6, 6.07) is 27.4. The van der Waals surface area contributed by atoms with E-state index in [4.69, 9.17) is 17.2 Å². The van der Waals surface area contributed by atoms with Crippen molar-refractivity contribution < 1.29 is 0 Å². The Morgan fingerprint density at radius 3 is 1.26 bits per heavy atom. The van der Waals surface area contributed by atoms with Crippen LogP contribution in [-0.4, -0.2) is 13.1 Å². The lowest BCUT2D eigenvalue weighted by Gasteiger charge is -2.09. The van der Waals surface area contributed by atoms with Crippen molar-refractivity contribution in [2.45, 2.75) is 26.8 Å². The summed E-state index contributed by atoms with van der Waals surface area (Å²) in [5, 5.41) is 0. The first-order chi connectivity index (χ1) is 13.2. The molecule has 0 aliphatic carbocycles. The second kappa shape index (κ2) is 13.7. The molecule has 0 aromatic heterocycles. The molecule has 0 unspecified atom stereocenters. The fourth-order valence-electron chi connectivity index (χ4n) is 2.40. The van der Waals surface area contributed by atoms with Gasteiger partial charge in [0.1, 0.15) is 0 Å². The Hall–Kier alpha value is -2.46. The molecule has 0 amide bonds. The van der Waals surface area contributed by atoms with Crippen molar-refractivity contribution in [1.82, 2.24) is 0 Å². The van der Waals surface area contributed by atoms with Crippen LogP contribution in [0.15, 0.2) is 78.9 Å². The molecule has 144 valence electrons. The van der Waals surface area contributed by atoms with E-state index >= 15 is 0 Å². The molecule has 3 aromatic carbocycles. The van der Waals surface area contributed by atoms with Crippen LogP contribution in [0.4, 0.5) is 0 Å². The molecule has 3 heteroatoms. The zero-order valence-corrected chi connectivity index (χ0v) is 16.6. The van der Waals surface area contributed by atoms with E-state index in [9.17, 15) is 0 Å². The van der Waals surface area contributed by atoms with Crippen LogP contribution in [-0.2, 0) is 6.54 Å². The minimum absolute atomic E-state index is 0.556. The van der Waals surface area contributed by atoms with Gasteiger partial charge in [0, 0.05) is 6.54 Å². The van der Waals surface area contributed by atoms with Crippen molar-refractivity contribution >= 4 is 0 Å². The van der Waals surface area contributed by atoms with Gasteiger partial charge in [0.05, 0.1) is 0 Å². The molecule has 0 saturated carbocycles. The minimum atomic E-state index is 0.556. The summed E-state index contributed by atoms with van der Waals surface area (Å²) in [5.74, 6) is 0. The molecule has 0 heterocycles. The molecule has 3 aromatic rings. The molecule has 3 nitrogen and oxygen atoms in total. The summed E-state index contributed by atoms with van der Waals surface area (Å²) in [5.41, 5.74) is 21.8. The van der Waals surface area contributed by atoms with Gasteiger partial charge >= 0.3 is 0 Å². The van der Waals surface area contributed by atoms with Gasteiger partial charge in [-0.05, 0) is 65.5 Å². The molecule has 0 aliphatic rings. The maximum absolute atomic E-state index is 5.84. The number of benzene rings is 3. The fourth-order valence-corrected chi connectivity index (χ4v) is 2.40. The van der Waals surface area contributed by atoms with Crippen LogP contribution in [0, 0.1) is 0 Å². The van der Waals surface area contributed by atoms with Crippen LogP contribution < -0.4 is 17.2 Å². The highest BCUT2D eigenvalue weighted by Crippen LogP contribution is 2.28. The third kappa shape index (κ3) is 8.18. The van der Waals surface area contributed by atoms with Crippen molar-refractivity contribution in [2.24, 2.45) is 17.2 Å². The quantitative estimate of drug-likeness (QED) is 0.623. The van der Waals surface area contributed by atoms with Gasteiger partial charge in [-0.3, -0.25) is 0 Å². The van der Waals surface area contributed by atoms with E-state index in [1.165, 1.54) is 22.3 Å². The lowest BCUT2D eigenvalue weighted by Crippen LogP contribution is -1.97. The lowest BCUT2D eigenvalue weighted by atomic mass is 9.96. The highest BCUT2D eigenvalue weighted by atomic mass is 14.5. The van der Waals surface area contributed by atoms with Crippen LogP contribution in [0.25, 0.3) is 22.3 Å². The van der Waals surface area contributed by atoms with Crippen molar-refractivity contribution in [2.75, 3.05) is 13.1 Å². The Labute approximate surface area is 164 Å². The first kappa shape index (κ1) is 22.6. The molecule has 3 rings (SSSR count). The van der Waals surface area contributed by atoms with Gasteiger partial charge in [0.15, 0.2) is 0 Å². The third-order valence-corrected chi connectivity index (χ3v) is 3.73. The van der Waals surface area contributed by atoms with E-state index in [1.54, 1.807) is 0 Å². The Morgan fingerprint density at radius 2 is 0.963 bits per heavy atom. The second-order valence-corrected chi connectivity index (χ2v) is 6.05. The highest BCUT2D eigenvalue weighted by molar-refractivity contribution is 5.74. The van der Waals surface area contributed by atoms with Gasteiger partial charge < -0.3 is 17.2 Å². The molecular weight excluding hydrogens is 330 g/mol. The predicted octanol–water partition coefficient (Wildman–Crippen LogP) is 4.80. The normalized spacial score (nSPS) is 9.52. The molecule has 0 atom stereocenters. The number of hydrogen-bond donors (Lipinski definition) is 3. The Morgan fingerprint density at radius 1 is 0.593 bits per heavy atom. The summed E-state index contributed by atoms with van der Waals surface area (Å²) >= 11 is 0. The molecular formula is C24H33N3. The maximum Gasteiger partial charge on any atom is 0.0178 e. The smallest absolute Gasteiger partial charge is 0.0178 e. The molecule has 6 N–H and O–H groups in total. The topological polar surface area (TPSA) is 78.1 Å². The average molecular weight is 364 g/mol. The van der Waals surface area contributed by atoms with Gasteiger partial charge in [-0.15, -0.1) is 0 Å². The summed E-state index contributed by atoms with van der Waals surface area (Å²) in [6.07, 6.45) is 1.10. The van der Waals surface area contributed by atoms with Crippen LogP contribution in [0.1, 0.15) is 25.8 Å². The van der Waals surface area contributed by atoms with Crippen LogP contribution in [0.2, 0.25) is 0 Å². The van der Waals surface area contributed by atoms with Crippen LogP contribution >= 0.6 is 0 Å². The molecule has 27 heavy (non-hydrogen) atoms. The van der Waals surface area contributed by atoms with E-state index in [-0.39, 0.29) is 0 Å². The third-order valence-electron chi connectivity index (χ3n) is 3.73. The van der Waals surface area contributed by atoms with E-state index in [0.717, 1.165) is 25.1 Å². The first-order valence-electron chi connectivity index (χ1n) is 9.55. The van der Waals surface area contributed by atoms with Gasteiger partial charge in [0.2, 0.25) is 0 Å². The van der Waals surface area contributed by atoms with Crippen LogP contribution in [0.5, 0.6) is 0 Å². The van der Waals surface area contributed by atoms with E-state index in [1.807, 2.05) is 19.1 Å². The average Bonchev–Trinajstić information content (AvgIpc) is 2.75. The standard InChI is InChI=1S/C19H17N.C3H9N.C2H7N/c20-14-15-11-18(16-7-3-1-4-8-16)13-19(12-15)17-9-5-2-6-10-17;1-2-3-4;1-2-3/h1-13H,14,20H2;2-4H2,1H3;2-3H2,1H3. The van der Waals surface area contributed by atoms with Crippen LogP contribution in [0.3, 0.4) is 0 Å². The van der Waals surface area contributed by atoms with E-state index in [0.29, 0.717) is 6.54 Å². The van der Waals surface area contributed by atoms with Crippen molar-refractivity contribution in [3.8, 4) is 22.3 Å². The molecule has 0 bridgehead atoms. The molecule has 0 radical (unpaired) electrons. The summed E-state index contributed by atoms with van der Waals surface area (Å²) in [7, 11) is 0. The monoisotopic (exact) mass is 363 g/mol. The van der Waals surface area contributed by atoms with Crippen molar-refractivity contribution in [3.05, 3.63) is 84.4 Å². The second-order valence-electron chi connectivity index (χ2n) is 6.05. The van der Waals surface area contributed by atoms with E-state index in [2.05, 4.69) is 73.7 Å².